The van der Waals surface area contributed by atoms with Crippen LogP contribution in [0.4, 0.5) is 126 Å². The summed E-state index contributed by atoms with van der Waals surface area (Å²) in [6.45, 7) is 6.93. The number of rotatable bonds is 16. The molecular weight excluding hydrogens is 966 g/mol. The third-order valence-corrected chi connectivity index (χ3v) is 10.9. The Balaban J connectivity index is 2.32. The van der Waals surface area contributed by atoms with Crippen LogP contribution in [0.2, 0.25) is 0 Å². The second kappa shape index (κ2) is 16.5. The maximum Gasteiger partial charge on any atom is 0.460 e. The first kappa shape index (κ1) is 55.5. The summed E-state index contributed by atoms with van der Waals surface area (Å²) in [4.78, 5) is 1.57. The second-order valence-corrected chi connectivity index (χ2v) is 15.8. The molecule has 1 heterocycles. The average Bonchev–Trinajstić information content (AvgIpc) is 3.44. The molecular formula is C37H34F26N2. The Morgan fingerprint density at radius 1 is 0.354 bits per heavy atom. The summed E-state index contributed by atoms with van der Waals surface area (Å²) in [5.41, 5.74) is 0.562. The van der Waals surface area contributed by atoms with Gasteiger partial charge in [-0.25, -0.2) is 0 Å². The lowest BCUT2D eigenvalue weighted by Gasteiger charge is -2.41. The number of nitrogens with zero attached hydrogens (tertiary/aromatic N) is 2. The minimum absolute atomic E-state index is 0.0485. The Kier molecular flexibility index (Phi) is 14.1. The molecule has 0 radical (unpaired) electrons. The number of benzene rings is 2. The van der Waals surface area contributed by atoms with Crippen molar-refractivity contribution >= 4 is 11.4 Å². The van der Waals surface area contributed by atoms with Gasteiger partial charge in [-0.15, -0.1) is 0 Å². The molecule has 0 aliphatic carbocycles. The highest BCUT2D eigenvalue weighted by molar-refractivity contribution is 5.68. The summed E-state index contributed by atoms with van der Waals surface area (Å²) in [6, 6.07) is 0.421. The number of aryl methyl sites for hydroxylation is 6. The zero-order valence-corrected chi connectivity index (χ0v) is 33.7. The molecule has 65 heavy (non-hydrogen) atoms. The van der Waals surface area contributed by atoms with E-state index in [0.717, 1.165) is 9.80 Å². The van der Waals surface area contributed by atoms with Crippen molar-refractivity contribution in [2.24, 2.45) is 0 Å². The Bertz CT molecular complexity index is 1860. The number of anilines is 2. The van der Waals surface area contributed by atoms with Crippen LogP contribution in [0, 0.1) is 41.5 Å². The molecule has 0 spiro atoms. The van der Waals surface area contributed by atoms with Crippen molar-refractivity contribution in [3.05, 3.63) is 57.6 Å². The van der Waals surface area contributed by atoms with Gasteiger partial charge in [-0.3, -0.25) is 0 Å². The van der Waals surface area contributed by atoms with Gasteiger partial charge in [-0.2, -0.15) is 114 Å². The number of alkyl halides is 26. The molecule has 1 aliphatic heterocycles. The van der Waals surface area contributed by atoms with Gasteiger partial charge < -0.3 is 9.80 Å². The Morgan fingerprint density at radius 2 is 0.569 bits per heavy atom. The van der Waals surface area contributed by atoms with E-state index in [0.29, 0.717) is 11.1 Å². The largest absolute Gasteiger partial charge is 0.460 e. The first-order valence-corrected chi connectivity index (χ1v) is 18.2. The van der Waals surface area contributed by atoms with Crippen molar-refractivity contribution in [3.8, 4) is 0 Å². The minimum Gasteiger partial charge on any atom is -0.348 e. The number of hydrogen-bond acceptors (Lipinski definition) is 2. The molecule has 0 bridgehead atoms. The smallest absolute Gasteiger partial charge is 0.348 e. The first-order chi connectivity index (χ1) is 28.6. The van der Waals surface area contributed by atoms with Gasteiger partial charge in [-0.1, -0.05) is 35.4 Å². The Hall–Kier alpha value is -3.78. The highest BCUT2D eigenvalue weighted by atomic mass is 19.4. The van der Waals surface area contributed by atoms with E-state index in [4.69, 9.17) is 0 Å². The number of hydrogen-bond donors (Lipinski definition) is 0. The molecule has 1 saturated heterocycles. The predicted molar refractivity (Wildman–Crippen MR) is 179 cm³/mol. The highest BCUT2D eigenvalue weighted by Crippen LogP contribution is 2.63. The van der Waals surface area contributed by atoms with Gasteiger partial charge in [0.1, 0.15) is 0 Å². The van der Waals surface area contributed by atoms with Crippen LogP contribution in [0.3, 0.4) is 0 Å². The van der Waals surface area contributed by atoms with E-state index < -0.39 is 116 Å². The average molecular weight is 1000 g/mol. The summed E-state index contributed by atoms with van der Waals surface area (Å²) >= 11 is 0. The molecule has 28 heteroatoms. The van der Waals surface area contributed by atoms with E-state index in [1.165, 1.54) is 65.8 Å². The van der Waals surface area contributed by atoms with E-state index in [-0.39, 0.29) is 33.6 Å². The first-order valence-electron chi connectivity index (χ1n) is 18.2. The molecule has 2 aromatic rings. The second-order valence-electron chi connectivity index (χ2n) is 15.8. The van der Waals surface area contributed by atoms with Crippen molar-refractivity contribution < 1.29 is 114 Å². The Morgan fingerprint density at radius 3 is 0.785 bits per heavy atom. The topological polar surface area (TPSA) is 6.48 Å². The maximum atomic E-state index is 15.3. The molecule has 2 aromatic carbocycles. The fraction of sp³-hybridized carbons (Fsp3) is 0.676. The van der Waals surface area contributed by atoms with Gasteiger partial charge in [0.2, 0.25) is 0 Å². The van der Waals surface area contributed by atoms with Crippen molar-refractivity contribution in [2.45, 2.75) is 151 Å². The predicted octanol–water partition coefficient (Wildman–Crippen LogP) is 14.6. The van der Waals surface area contributed by atoms with E-state index in [1.807, 2.05) is 0 Å². The summed E-state index contributed by atoms with van der Waals surface area (Å²) in [5, 5.41) is 0. The SMILES string of the molecule is Cc1cc(C)c(N2CN(c3c(C)cc(C)cc3C)[C@H](CCC(F)(F)C(F)(F)C(F)(F)C(F)(F)C(F)(F)C(F)(F)F)[C@H]2CCC(F)(F)C(F)(F)C(F)(F)C(F)(F)C(F)(F)C(F)(F)F)c(C)c1. The molecule has 0 unspecified atom stereocenters. The molecule has 0 saturated carbocycles. The molecule has 2 atom stereocenters. The van der Waals surface area contributed by atoms with Crippen LogP contribution in [0.25, 0.3) is 0 Å². The van der Waals surface area contributed by atoms with Gasteiger partial charge in [0.25, 0.3) is 0 Å². The molecule has 0 N–H and O–H groups in total. The van der Waals surface area contributed by atoms with Crippen LogP contribution in [0.1, 0.15) is 59.1 Å². The summed E-state index contributed by atoms with van der Waals surface area (Å²) < 4.78 is 365. The minimum atomic E-state index is -8.33. The van der Waals surface area contributed by atoms with Gasteiger partial charge in [-0.05, 0) is 76.6 Å². The zero-order chi connectivity index (χ0) is 51.3. The molecule has 3 rings (SSSR count). The molecule has 0 amide bonds. The lowest BCUT2D eigenvalue weighted by molar-refractivity contribution is -0.440. The summed E-state index contributed by atoms with van der Waals surface area (Å²) in [5.74, 6) is -78.8. The molecule has 2 nitrogen and oxygen atoms in total. The lowest BCUT2D eigenvalue weighted by atomic mass is 9.87. The van der Waals surface area contributed by atoms with E-state index in [2.05, 4.69) is 0 Å². The van der Waals surface area contributed by atoms with Crippen molar-refractivity contribution in [2.75, 3.05) is 16.5 Å². The van der Waals surface area contributed by atoms with Gasteiger partial charge >= 0.3 is 71.6 Å². The fourth-order valence-electron chi connectivity index (χ4n) is 7.79. The van der Waals surface area contributed by atoms with Gasteiger partial charge in [0.05, 0.1) is 18.8 Å². The summed E-state index contributed by atoms with van der Waals surface area (Å²) in [7, 11) is 0. The maximum absolute atomic E-state index is 15.3. The summed E-state index contributed by atoms with van der Waals surface area (Å²) in [6.07, 6.45) is -25.5. The van der Waals surface area contributed by atoms with Crippen LogP contribution in [-0.4, -0.2) is 90.3 Å². The van der Waals surface area contributed by atoms with Crippen molar-refractivity contribution in [1.82, 2.24) is 0 Å². The molecule has 1 fully saturated rings. The molecule has 374 valence electrons. The fourth-order valence-corrected chi connectivity index (χ4v) is 7.79. The van der Waals surface area contributed by atoms with Crippen LogP contribution < -0.4 is 9.80 Å². The molecule has 0 aromatic heterocycles. The van der Waals surface area contributed by atoms with Crippen molar-refractivity contribution in [3.63, 3.8) is 0 Å². The normalized spacial score (nSPS) is 18.6. The highest BCUT2D eigenvalue weighted by Gasteiger charge is 2.92. The standard InChI is InChI=1S/C37H34F26N2/c1-16-11-18(3)24(19(4)12-16)64-15-65(25-20(5)13-17(2)14-21(25)6)23(8-10-27(40,41)29(44,45)31(48,49)33(52,53)35(56,57)37(61,62)63)22(64)7-9-26(38,39)28(42,43)30(46,47)32(50,51)34(54,55)36(58,59)60/h11-14,22-23H,7-10,15H2,1-6H3/t22-,23-/m1/s1. The van der Waals surface area contributed by atoms with Gasteiger partial charge in [0, 0.05) is 24.2 Å². The monoisotopic (exact) mass is 1000 g/mol. The quantitative estimate of drug-likeness (QED) is 0.155. The van der Waals surface area contributed by atoms with Crippen LogP contribution in [0.15, 0.2) is 24.3 Å². The van der Waals surface area contributed by atoms with Gasteiger partial charge in [0.15, 0.2) is 0 Å². The van der Waals surface area contributed by atoms with E-state index in [1.54, 1.807) is 0 Å². The van der Waals surface area contributed by atoms with E-state index in [9.17, 15) is 96.6 Å². The zero-order valence-electron chi connectivity index (χ0n) is 33.7. The lowest BCUT2D eigenvalue weighted by Crippen LogP contribution is -2.70. The van der Waals surface area contributed by atoms with Crippen LogP contribution in [0.5, 0.6) is 0 Å². The third kappa shape index (κ3) is 8.58. The van der Waals surface area contributed by atoms with Crippen LogP contribution >= 0.6 is 0 Å². The van der Waals surface area contributed by atoms with Crippen LogP contribution in [-0.2, 0) is 0 Å². The van der Waals surface area contributed by atoms with Crippen molar-refractivity contribution in [1.29, 1.82) is 0 Å². The number of halogens is 26. The Labute approximate surface area is 350 Å². The molecule has 1 aliphatic rings. The third-order valence-electron chi connectivity index (χ3n) is 10.9. The van der Waals surface area contributed by atoms with E-state index >= 15 is 17.6 Å².